The predicted molar refractivity (Wildman–Crippen MR) is 136 cm³/mol. The van der Waals surface area contributed by atoms with Crippen molar-refractivity contribution in [2.45, 2.75) is 45.8 Å². The number of allylic oxidation sites excluding steroid dienone is 2. The van der Waals surface area contributed by atoms with E-state index in [1.807, 2.05) is 75.4 Å². The standard InChI is InChI=1S/C28H25F3N6O/c1-16-9-11-17(12-10-16)23-19(15-36(34-23)18-7-5-4-6-8-18)24-22-20(13-27(2,3)14-21(22)38)32-26-33-25(28(29,30)31)35-37(24)26/h4-12,15,24H,13-14H2,1-3H3,(H,32,33,35)/t24-/m1/s1. The van der Waals surface area contributed by atoms with Gasteiger partial charge in [-0.05, 0) is 30.9 Å². The number of anilines is 1. The molecule has 10 heteroatoms. The van der Waals surface area contributed by atoms with Gasteiger partial charge in [0.15, 0.2) is 5.78 Å². The lowest BCUT2D eigenvalue weighted by Crippen LogP contribution is -2.36. The van der Waals surface area contributed by atoms with E-state index in [4.69, 9.17) is 5.10 Å². The smallest absolute Gasteiger partial charge is 0.328 e. The summed E-state index contributed by atoms with van der Waals surface area (Å²) in [7, 11) is 0. The van der Waals surface area contributed by atoms with Crippen molar-refractivity contribution in [3.05, 3.63) is 89.0 Å². The molecule has 0 unspecified atom stereocenters. The number of hydrogen-bond acceptors (Lipinski definition) is 5. The predicted octanol–water partition coefficient (Wildman–Crippen LogP) is 6.12. The fraction of sp³-hybridized carbons (Fsp3) is 0.286. The molecular formula is C28H25F3N6O. The summed E-state index contributed by atoms with van der Waals surface area (Å²) in [5.41, 5.74) is 4.37. The van der Waals surface area contributed by atoms with Crippen LogP contribution in [0.4, 0.5) is 19.1 Å². The lowest BCUT2D eigenvalue weighted by atomic mass is 9.73. The summed E-state index contributed by atoms with van der Waals surface area (Å²) in [4.78, 5) is 17.4. The van der Waals surface area contributed by atoms with E-state index in [1.165, 1.54) is 4.68 Å². The Morgan fingerprint density at radius 2 is 1.71 bits per heavy atom. The number of benzene rings is 2. The van der Waals surface area contributed by atoms with Crippen LogP contribution >= 0.6 is 0 Å². The van der Waals surface area contributed by atoms with Gasteiger partial charge in [-0.1, -0.05) is 61.9 Å². The van der Waals surface area contributed by atoms with Crippen LogP contribution in [-0.4, -0.2) is 30.3 Å². The van der Waals surface area contributed by atoms with Crippen molar-refractivity contribution in [3.63, 3.8) is 0 Å². The Balaban J connectivity index is 1.62. The van der Waals surface area contributed by atoms with Crippen molar-refractivity contribution < 1.29 is 18.0 Å². The minimum atomic E-state index is -4.74. The lowest BCUT2D eigenvalue weighted by Gasteiger charge is -2.38. The number of aryl methyl sites for hydroxylation is 1. The fourth-order valence-electron chi connectivity index (χ4n) is 5.25. The van der Waals surface area contributed by atoms with Gasteiger partial charge in [-0.3, -0.25) is 4.79 Å². The first-order valence-electron chi connectivity index (χ1n) is 12.3. The molecule has 1 atom stereocenters. The van der Waals surface area contributed by atoms with E-state index in [2.05, 4.69) is 15.4 Å². The van der Waals surface area contributed by atoms with E-state index in [-0.39, 0.29) is 23.6 Å². The number of nitrogens with zero attached hydrogens (tertiary/aromatic N) is 5. The number of ketones is 1. The first kappa shape index (κ1) is 24.1. The quantitative estimate of drug-likeness (QED) is 0.354. The molecule has 194 valence electrons. The lowest BCUT2D eigenvalue weighted by molar-refractivity contribution is -0.145. The van der Waals surface area contributed by atoms with Crippen LogP contribution in [-0.2, 0) is 11.0 Å². The maximum absolute atomic E-state index is 13.7. The molecule has 1 aliphatic carbocycles. The van der Waals surface area contributed by atoms with Gasteiger partial charge in [-0.15, -0.1) is 5.10 Å². The van der Waals surface area contributed by atoms with E-state index in [1.54, 1.807) is 10.9 Å². The zero-order chi connectivity index (χ0) is 26.8. The minimum Gasteiger partial charge on any atom is -0.328 e. The van der Waals surface area contributed by atoms with Gasteiger partial charge >= 0.3 is 6.18 Å². The topological polar surface area (TPSA) is 77.6 Å². The largest absolute Gasteiger partial charge is 0.453 e. The molecule has 2 aliphatic rings. The van der Waals surface area contributed by atoms with E-state index in [9.17, 15) is 18.0 Å². The summed E-state index contributed by atoms with van der Waals surface area (Å²) < 4.78 is 44.0. The van der Waals surface area contributed by atoms with Gasteiger partial charge in [0.1, 0.15) is 6.04 Å². The molecule has 4 aromatic rings. The van der Waals surface area contributed by atoms with Crippen LogP contribution in [0.3, 0.4) is 0 Å². The second-order valence-corrected chi connectivity index (χ2v) is 10.6. The molecule has 7 nitrogen and oxygen atoms in total. The molecule has 2 aromatic carbocycles. The Bertz CT molecular complexity index is 1580. The molecular weight excluding hydrogens is 493 g/mol. The van der Waals surface area contributed by atoms with Crippen molar-refractivity contribution >= 4 is 11.7 Å². The Labute approximate surface area is 217 Å². The van der Waals surface area contributed by atoms with Crippen LogP contribution in [0.1, 0.15) is 49.7 Å². The highest BCUT2D eigenvalue weighted by molar-refractivity contribution is 6.00. The number of carbonyl (C=O) groups is 1. The molecule has 1 aliphatic heterocycles. The van der Waals surface area contributed by atoms with Gasteiger partial charge in [0.2, 0.25) is 5.95 Å². The molecule has 0 amide bonds. The molecule has 0 saturated carbocycles. The summed E-state index contributed by atoms with van der Waals surface area (Å²) in [6.45, 7) is 5.91. The molecule has 0 saturated heterocycles. The third-order valence-electron chi connectivity index (χ3n) is 6.97. The van der Waals surface area contributed by atoms with Gasteiger partial charge in [-0.2, -0.15) is 23.3 Å². The SMILES string of the molecule is Cc1ccc(-c2nn(-c3ccccc3)cc2[C@@H]2C3=C(CC(C)(C)CC3=O)Nc3nc(C(F)(F)F)nn32)cc1. The van der Waals surface area contributed by atoms with Crippen molar-refractivity contribution in [3.8, 4) is 16.9 Å². The summed E-state index contributed by atoms with van der Waals surface area (Å²) in [5, 5.41) is 11.7. The van der Waals surface area contributed by atoms with Crippen LogP contribution in [0, 0.1) is 12.3 Å². The molecule has 1 N–H and O–H groups in total. The van der Waals surface area contributed by atoms with Gasteiger partial charge in [-0.25, -0.2) is 9.36 Å². The molecule has 0 bridgehead atoms. The zero-order valence-corrected chi connectivity index (χ0v) is 21.0. The maximum atomic E-state index is 13.7. The Kier molecular flexibility index (Phi) is 5.34. The molecule has 2 aromatic heterocycles. The summed E-state index contributed by atoms with van der Waals surface area (Å²) in [5.74, 6) is -1.44. The van der Waals surface area contributed by atoms with Gasteiger partial charge in [0, 0.05) is 35.0 Å². The number of nitrogens with one attached hydrogen (secondary N) is 1. The normalized spacial score (nSPS) is 18.7. The van der Waals surface area contributed by atoms with Crippen molar-refractivity contribution in [2.24, 2.45) is 5.41 Å². The van der Waals surface area contributed by atoms with Crippen LogP contribution in [0.5, 0.6) is 0 Å². The summed E-state index contributed by atoms with van der Waals surface area (Å²) in [6.07, 6.45) is -2.20. The molecule has 6 rings (SSSR count). The highest BCUT2D eigenvalue weighted by Crippen LogP contribution is 2.47. The average Bonchev–Trinajstić information content (AvgIpc) is 3.48. The number of fused-ring (bicyclic) bond motifs is 1. The van der Waals surface area contributed by atoms with Crippen LogP contribution in [0.25, 0.3) is 16.9 Å². The van der Waals surface area contributed by atoms with Crippen molar-refractivity contribution in [2.75, 3.05) is 5.32 Å². The molecule has 0 radical (unpaired) electrons. The second-order valence-electron chi connectivity index (χ2n) is 10.6. The highest BCUT2D eigenvalue weighted by Gasteiger charge is 2.45. The number of carbonyl (C=O) groups excluding carboxylic acids is 1. The highest BCUT2D eigenvalue weighted by atomic mass is 19.4. The number of alkyl halides is 3. The Morgan fingerprint density at radius 3 is 2.39 bits per heavy atom. The van der Waals surface area contributed by atoms with Crippen molar-refractivity contribution in [1.29, 1.82) is 0 Å². The number of para-hydroxylation sites is 1. The first-order chi connectivity index (χ1) is 18.0. The number of hydrogen-bond donors (Lipinski definition) is 1. The summed E-state index contributed by atoms with van der Waals surface area (Å²) >= 11 is 0. The molecule has 38 heavy (non-hydrogen) atoms. The number of aromatic nitrogens is 5. The van der Waals surface area contributed by atoms with Crippen LogP contribution in [0.15, 0.2) is 72.1 Å². The monoisotopic (exact) mass is 518 g/mol. The minimum absolute atomic E-state index is 0.0473. The average molecular weight is 519 g/mol. The fourth-order valence-corrected chi connectivity index (χ4v) is 5.25. The Hall–Kier alpha value is -4.21. The third-order valence-corrected chi connectivity index (χ3v) is 6.97. The number of halogens is 3. The number of rotatable bonds is 3. The zero-order valence-electron chi connectivity index (χ0n) is 21.0. The third kappa shape index (κ3) is 4.09. The Morgan fingerprint density at radius 1 is 1.00 bits per heavy atom. The van der Waals surface area contributed by atoms with E-state index >= 15 is 0 Å². The first-order valence-corrected chi connectivity index (χ1v) is 12.3. The summed E-state index contributed by atoms with van der Waals surface area (Å²) in [6, 6.07) is 16.2. The van der Waals surface area contributed by atoms with Gasteiger partial charge < -0.3 is 5.32 Å². The molecule has 0 fully saturated rings. The van der Waals surface area contributed by atoms with E-state index in [0.717, 1.165) is 16.8 Å². The van der Waals surface area contributed by atoms with Crippen molar-refractivity contribution in [1.82, 2.24) is 24.5 Å². The maximum Gasteiger partial charge on any atom is 0.453 e. The number of Topliss-reactive ketones (excluding diaryl/α,β-unsaturated/α-hetero) is 1. The second kappa shape index (κ2) is 8.41. The van der Waals surface area contributed by atoms with Gasteiger partial charge in [0.25, 0.3) is 5.82 Å². The van der Waals surface area contributed by atoms with Crippen LogP contribution < -0.4 is 5.32 Å². The van der Waals surface area contributed by atoms with Crippen LogP contribution in [0.2, 0.25) is 0 Å². The van der Waals surface area contributed by atoms with Gasteiger partial charge in [0.05, 0.1) is 11.4 Å². The van der Waals surface area contributed by atoms with E-state index < -0.39 is 18.0 Å². The van der Waals surface area contributed by atoms with E-state index in [0.29, 0.717) is 28.9 Å². The molecule has 0 spiro atoms. The molecule has 3 heterocycles.